The lowest BCUT2D eigenvalue weighted by Crippen LogP contribution is -2.48. The Labute approximate surface area is 221 Å². The van der Waals surface area contributed by atoms with E-state index in [1.807, 2.05) is 11.8 Å². The Morgan fingerprint density at radius 1 is 0.972 bits per heavy atom. The molecule has 0 saturated carbocycles. The van der Waals surface area contributed by atoms with Crippen LogP contribution in [-0.2, 0) is 16.0 Å². The lowest BCUT2D eigenvalue weighted by molar-refractivity contribution is -0.144. The van der Waals surface area contributed by atoms with Crippen molar-refractivity contribution in [3.8, 4) is 5.75 Å². The number of esters is 1. The van der Waals surface area contributed by atoms with Gasteiger partial charge in [-0.1, -0.05) is 62.6 Å². The van der Waals surface area contributed by atoms with Crippen molar-refractivity contribution in [1.29, 1.82) is 0 Å². The molecular weight excluding hydrogens is 468 g/mol. The molecule has 0 bridgehead atoms. The average molecular weight is 511 g/mol. The Bertz CT molecular complexity index is 974. The molecule has 0 N–H and O–H groups in total. The number of benzene rings is 2. The summed E-state index contributed by atoms with van der Waals surface area (Å²) in [5, 5.41) is 0. The van der Waals surface area contributed by atoms with E-state index in [1.54, 1.807) is 7.11 Å². The normalized spacial score (nSPS) is 18.2. The molecule has 6 heteroatoms. The minimum absolute atomic E-state index is 0.0306. The van der Waals surface area contributed by atoms with Crippen molar-refractivity contribution < 1.29 is 14.3 Å². The van der Waals surface area contributed by atoms with Gasteiger partial charge in [0.15, 0.2) is 0 Å². The van der Waals surface area contributed by atoms with Crippen molar-refractivity contribution in [3.05, 3.63) is 53.6 Å². The number of hydrogen-bond donors (Lipinski definition) is 0. The van der Waals surface area contributed by atoms with E-state index in [1.165, 1.54) is 40.2 Å². The molecule has 0 spiro atoms. The second-order valence-electron chi connectivity index (χ2n) is 9.95. The van der Waals surface area contributed by atoms with Crippen molar-refractivity contribution in [2.75, 3.05) is 46.4 Å². The molecule has 2 aliphatic heterocycles. The number of fused-ring (bicyclic) bond motifs is 2. The highest BCUT2D eigenvalue weighted by Crippen LogP contribution is 2.44. The number of nitrogens with zero attached hydrogens (tertiary/aromatic N) is 2. The predicted molar refractivity (Wildman–Crippen MR) is 147 cm³/mol. The number of methoxy groups -OCH3 is 1. The van der Waals surface area contributed by atoms with Crippen LogP contribution < -0.4 is 4.74 Å². The van der Waals surface area contributed by atoms with Gasteiger partial charge in [0.05, 0.1) is 13.7 Å². The Morgan fingerprint density at radius 3 is 2.58 bits per heavy atom. The maximum Gasteiger partial charge on any atom is 0.305 e. The van der Waals surface area contributed by atoms with E-state index < -0.39 is 0 Å². The van der Waals surface area contributed by atoms with Gasteiger partial charge in [-0.25, -0.2) is 0 Å². The molecule has 0 radical (unpaired) electrons. The van der Waals surface area contributed by atoms with E-state index in [9.17, 15) is 4.79 Å². The Morgan fingerprint density at radius 2 is 1.78 bits per heavy atom. The Kier molecular flexibility index (Phi) is 10.6. The van der Waals surface area contributed by atoms with E-state index in [2.05, 4.69) is 59.2 Å². The summed E-state index contributed by atoms with van der Waals surface area (Å²) in [6.07, 6.45) is 8.31. The maximum atomic E-state index is 12.0. The highest BCUT2D eigenvalue weighted by atomic mass is 32.2. The van der Waals surface area contributed by atoms with Crippen LogP contribution in [0.4, 0.5) is 0 Å². The van der Waals surface area contributed by atoms with Gasteiger partial charge < -0.3 is 14.4 Å². The molecule has 0 amide bonds. The zero-order valence-electron chi connectivity index (χ0n) is 22.0. The van der Waals surface area contributed by atoms with Crippen molar-refractivity contribution >= 4 is 17.7 Å². The van der Waals surface area contributed by atoms with Crippen LogP contribution in [0, 0.1) is 0 Å². The molecule has 36 heavy (non-hydrogen) atoms. The number of piperazine rings is 1. The van der Waals surface area contributed by atoms with Crippen LogP contribution in [0.3, 0.4) is 0 Å². The van der Waals surface area contributed by atoms with Gasteiger partial charge in [-0.15, -0.1) is 0 Å². The summed E-state index contributed by atoms with van der Waals surface area (Å²) in [4.78, 5) is 19.8. The summed E-state index contributed by atoms with van der Waals surface area (Å²) in [5.74, 6) is 0.899. The smallest absolute Gasteiger partial charge is 0.305 e. The summed E-state index contributed by atoms with van der Waals surface area (Å²) in [5.41, 5.74) is 2.81. The van der Waals surface area contributed by atoms with Crippen LogP contribution >= 0.6 is 11.8 Å². The number of hydrogen-bond acceptors (Lipinski definition) is 6. The number of carbonyl (C=O) groups is 1. The summed E-state index contributed by atoms with van der Waals surface area (Å²) in [7, 11) is 1.75. The Balaban J connectivity index is 1.26. The van der Waals surface area contributed by atoms with E-state index in [0.717, 1.165) is 64.2 Å². The summed E-state index contributed by atoms with van der Waals surface area (Å²) < 4.78 is 11.1. The van der Waals surface area contributed by atoms with Crippen LogP contribution in [0.1, 0.15) is 69.0 Å². The molecule has 2 aromatic rings. The third-order valence-electron chi connectivity index (χ3n) is 7.40. The Hall–Kier alpha value is -2.02. The SMILES string of the molecule is CCCCCCCC(=O)OCCCN1CCN(C2Cc3ccccc3Sc3ccc(OC)cc32)CC1. The largest absolute Gasteiger partial charge is 0.497 e. The second-order valence-corrected chi connectivity index (χ2v) is 11.0. The third-order valence-corrected chi connectivity index (χ3v) is 8.61. The van der Waals surface area contributed by atoms with Gasteiger partial charge in [-0.3, -0.25) is 9.69 Å². The standard InChI is InChI=1S/C30H42N2O3S/c1-3-4-5-6-7-13-30(33)35-21-10-16-31-17-19-32(20-18-31)27-22-24-11-8-9-12-28(24)36-29-15-14-25(34-2)23-26(27)29/h8-9,11-12,14-15,23,27H,3-7,10,13,16-22H2,1-2H3. The third kappa shape index (κ3) is 7.50. The van der Waals surface area contributed by atoms with Crippen molar-refractivity contribution in [3.63, 3.8) is 0 Å². The molecule has 1 fully saturated rings. The van der Waals surface area contributed by atoms with Crippen molar-refractivity contribution in [1.82, 2.24) is 9.80 Å². The first-order valence-electron chi connectivity index (χ1n) is 13.7. The fraction of sp³-hybridized carbons (Fsp3) is 0.567. The monoisotopic (exact) mass is 510 g/mol. The summed E-state index contributed by atoms with van der Waals surface area (Å²) in [6.45, 7) is 7.94. The highest BCUT2D eigenvalue weighted by Gasteiger charge is 2.30. The minimum atomic E-state index is -0.0306. The maximum absolute atomic E-state index is 12.0. The zero-order chi connectivity index (χ0) is 25.2. The molecule has 2 aromatic carbocycles. The first-order chi connectivity index (χ1) is 17.7. The molecule has 1 saturated heterocycles. The van der Waals surface area contributed by atoms with Gasteiger partial charge in [-0.05, 0) is 54.7 Å². The van der Waals surface area contributed by atoms with Crippen molar-refractivity contribution in [2.24, 2.45) is 0 Å². The second kappa shape index (κ2) is 14.1. The molecule has 5 nitrogen and oxygen atoms in total. The number of unbranched alkanes of at least 4 members (excludes halogenated alkanes) is 4. The first-order valence-corrected chi connectivity index (χ1v) is 14.5. The molecular formula is C30H42N2O3S. The van der Waals surface area contributed by atoms with Gasteiger partial charge >= 0.3 is 5.97 Å². The molecule has 2 heterocycles. The molecule has 196 valence electrons. The predicted octanol–water partition coefficient (Wildman–Crippen LogP) is 6.36. The zero-order valence-corrected chi connectivity index (χ0v) is 22.9. The van der Waals surface area contributed by atoms with Crippen LogP contribution in [-0.4, -0.2) is 62.2 Å². The van der Waals surface area contributed by atoms with Gasteiger partial charge in [0.2, 0.25) is 0 Å². The lowest BCUT2D eigenvalue weighted by atomic mass is 9.96. The summed E-state index contributed by atoms with van der Waals surface area (Å²) in [6, 6.07) is 15.7. The van der Waals surface area contributed by atoms with Gasteiger partial charge in [0, 0.05) is 55.0 Å². The lowest BCUT2D eigenvalue weighted by Gasteiger charge is -2.39. The minimum Gasteiger partial charge on any atom is -0.497 e. The van der Waals surface area contributed by atoms with Crippen molar-refractivity contribution in [2.45, 2.75) is 74.1 Å². The number of rotatable bonds is 12. The van der Waals surface area contributed by atoms with Gasteiger partial charge in [0.25, 0.3) is 0 Å². The first kappa shape index (κ1) is 27.0. The molecule has 0 aliphatic carbocycles. The highest BCUT2D eigenvalue weighted by molar-refractivity contribution is 7.99. The van der Waals surface area contributed by atoms with E-state index in [0.29, 0.717) is 19.1 Å². The van der Waals surface area contributed by atoms with Gasteiger partial charge in [0.1, 0.15) is 5.75 Å². The molecule has 2 aliphatic rings. The molecule has 4 rings (SSSR count). The van der Waals surface area contributed by atoms with Gasteiger partial charge in [-0.2, -0.15) is 0 Å². The van der Waals surface area contributed by atoms with Crippen LogP contribution in [0.25, 0.3) is 0 Å². The summed E-state index contributed by atoms with van der Waals surface area (Å²) >= 11 is 1.88. The topological polar surface area (TPSA) is 42.0 Å². The van der Waals surface area contributed by atoms with E-state index in [-0.39, 0.29) is 5.97 Å². The van der Waals surface area contributed by atoms with Crippen LogP contribution in [0.15, 0.2) is 52.3 Å². The van der Waals surface area contributed by atoms with Crippen LogP contribution in [0.2, 0.25) is 0 Å². The van der Waals surface area contributed by atoms with E-state index >= 15 is 0 Å². The van der Waals surface area contributed by atoms with E-state index in [4.69, 9.17) is 9.47 Å². The fourth-order valence-corrected chi connectivity index (χ4v) is 6.37. The molecule has 1 atom stereocenters. The fourth-order valence-electron chi connectivity index (χ4n) is 5.26. The number of ether oxygens (including phenoxy) is 2. The number of carbonyl (C=O) groups excluding carboxylic acids is 1. The molecule has 1 unspecified atom stereocenters. The quantitative estimate of drug-likeness (QED) is 0.245. The molecule has 0 aromatic heterocycles. The average Bonchev–Trinajstić information content (AvgIpc) is 3.07. The van der Waals surface area contributed by atoms with Crippen LogP contribution in [0.5, 0.6) is 5.75 Å².